The summed E-state index contributed by atoms with van der Waals surface area (Å²) in [6, 6.07) is 6.72. The van der Waals surface area contributed by atoms with Crippen LogP contribution in [0.15, 0.2) is 35.6 Å². The first-order chi connectivity index (χ1) is 12.9. The van der Waals surface area contributed by atoms with Crippen LogP contribution in [0.4, 0.5) is 17.2 Å². The predicted molar refractivity (Wildman–Crippen MR) is 103 cm³/mol. The average molecular weight is 389 g/mol. The van der Waals surface area contributed by atoms with Gasteiger partial charge in [-0.05, 0) is 31.2 Å². The fraction of sp³-hybridized carbons (Fsp3) is 0.235. The van der Waals surface area contributed by atoms with Crippen LogP contribution < -0.4 is 16.4 Å². The molecule has 10 heteroatoms. The Hall–Kier alpha value is -3.14. The summed E-state index contributed by atoms with van der Waals surface area (Å²) in [6.45, 7) is 3.33. The molecule has 0 bridgehead atoms. The molecule has 2 amide bonds. The topological polar surface area (TPSA) is 136 Å². The molecule has 2 aromatic rings. The Labute approximate surface area is 160 Å². The van der Waals surface area contributed by atoms with Gasteiger partial charge in [0.25, 0.3) is 0 Å². The highest BCUT2D eigenvalue weighted by molar-refractivity contribution is 7.99. The number of nitrogens with zero attached hydrogens (tertiary/aromatic N) is 2. The lowest BCUT2D eigenvalue weighted by Gasteiger charge is -2.07. The minimum Gasteiger partial charge on any atom is -0.462 e. The second kappa shape index (κ2) is 9.53. The Bertz CT molecular complexity index is 842. The number of thioether (sulfide) groups is 1. The van der Waals surface area contributed by atoms with Gasteiger partial charge in [-0.1, -0.05) is 11.8 Å². The van der Waals surface area contributed by atoms with Gasteiger partial charge >= 0.3 is 5.97 Å². The van der Waals surface area contributed by atoms with E-state index in [1.807, 2.05) is 0 Å². The van der Waals surface area contributed by atoms with Crippen LogP contribution in [0.2, 0.25) is 0 Å². The van der Waals surface area contributed by atoms with Gasteiger partial charge in [-0.25, -0.2) is 14.8 Å². The average Bonchev–Trinajstić information content (AvgIpc) is 2.61. The normalized spacial score (nSPS) is 10.1. The second-order valence-electron chi connectivity index (χ2n) is 5.27. The summed E-state index contributed by atoms with van der Waals surface area (Å²) in [6.07, 6.45) is 1.28. The highest BCUT2D eigenvalue weighted by Gasteiger charge is 2.14. The summed E-state index contributed by atoms with van der Waals surface area (Å²) >= 11 is 1.08. The van der Waals surface area contributed by atoms with Gasteiger partial charge in [0, 0.05) is 24.5 Å². The first kappa shape index (κ1) is 20.2. The van der Waals surface area contributed by atoms with Crippen molar-refractivity contribution >= 4 is 46.7 Å². The van der Waals surface area contributed by atoms with E-state index in [2.05, 4.69) is 20.6 Å². The fourth-order valence-corrected chi connectivity index (χ4v) is 2.60. The summed E-state index contributed by atoms with van der Waals surface area (Å²) in [4.78, 5) is 42.7. The van der Waals surface area contributed by atoms with Crippen LogP contribution in [0.3, 0.4) is 0 Å². The molecule has 0 spiro atoms. The molecule has 4 N–H and O–H groups in total. The number of anilines is 3. The lowest BCUT2D eigenvalue weighted by atomic mass is 10.3. The molecular formula is C17H19N5O4S. The number of rotatable bonds is 7. The largest absolute Gasteiger partial charge is 0.462 e. The van der Waals surface area contributed by atoms with Crippen molar-refractivity contribution < 1.29 is 19.1 Å². The van der Waals surface area contributed by atoms with E-state index in [0.717, 1.165) is 11.8 Å². The maximum Gasteiger partial charge on any atom is 0.343 e. The molecule has 9 nitrogen and oxygen atoms in total. The van der Waals surface area contributed by atoms with Crippen molar-refractivity contribution in [1.82, 2.24) is 9.97 Å². The maximum atomic E-state index is 12.0. The Morgan fingerprint density at radius 3 is 2.33 bits per heavy atom. The summed E-state index contributed by atoms with van der Waals surface area (Å²) in [5, 5.41) is 5.64. The zero-order valence-corrected chi connectivity index (χ0v) is 15.6. The Morgan fingerprint density at radius 2 is 1.78 bits per heavy atom. The molecule has 0 saturated carbocycles. The number of nitrogen functional groups attached to an aromatic ring is 1. The highest BCUT2D eigenvalue weighted by atomic mass is 32.2. The molecular weight excluding hydrogens is 370 g/mol. The third-order valence-electron chi connectivity index (χ3n) is 3.11. The minimum atomic E-state index is -0.591. The number of benzene rings is 1. The number of amides is 2. The first-order valence-corrected chi connectivity index (χ1v) is 8.97. The van der Waals surface area contributed by atoms with E-state index in [1.54, 1.807) is 31.2 Å². The number of esters is 1. The Balaban J connectivity index is 1.89. The van der Waals surface area contributed by atoms with E-state index in [9.17, 15) is 14.4 Å². The van der Waals surface area contributed by atoms with Crippen LogP contribution in [0, 0.1) is 0 Å². The number of carbonyl (C=O) groups excluding carboxylic acids is 3. The third kappa shape index (κ3) is 6.26. The van der Waals surface area contributed by atoms with E-state index >= 15 is 0 Å². The zero-order chi connectivity index (χ0) is 19.8. The number of nitrogens with two attached hydrogens (primary N) is 1. The number of hydrogen-bond donors (Lipinski definition) is 3. The molecule has 0 saturated heterocycles. The molecule has 0 aliphatic carbocycles. The molecule has 0 unspecified atom stereocenters. The molecule has 0 aliphatic rings. The van der Waals surface area contributed by atoms with Gasteiger partial charge < -0.3 is 21.1 Å². The molecule has 1 aromatic heterocycles. The number of ether oxygens (including phenoxy) is 1. The van der Waals surface area contributed by atoms with Crippen LogP contribution in [-0.4, -0.2) is 40.1 Å². The summed E-state index contributed by atoms with van der Waals surface area (Å²) in [5.41, 5.74) is 7.05. The van der Waals surface area contributed by atoms with Crippen molar-refractivity contribution in [1.29, 1.82) is 0 Å². The zero-order valence-electron chi connectivity index (χ0n) is 14.8. The molecule has 1 heterocycles. The highest BCUT2D eigenvalue weighted by Crippen LogP contribution is 2.18. The van der Waals surface area contributed by atoms with Crippen LogP contribution in [0.1, 0.15) is 24.2 Å². The third-order valence-corrected chi connectivity index (χ3v) is 3.97. The molecule has 0 radical (unpaired) electrons. The minimum absolute atomic E-state index is 0.0000757. The van der Waals surface area contributed by atoms with Gasteiger partial charge in [-0.15, -0.1) is 0 Å². The second-order valence-corrected chi connectivity index (χ2v) is 6.21. The van der Waals surface area contributed by atoms with Crippen molar-refractivity contribution in [3.63, 3.8) is 0 Å². The number of aromatic nitrogens is 2. The summed E-state index contributed by atoms with van der Waals surface area (Å²) in [7, 11) is 0. The molecule has 142 valence electrons. The van der Waals surface area contributed by atoms with Gasteiger partial charge in [0.2, 0.25) is 11.8 Å². The molecule has 2 rings (SSSR count). The van der Waals surface area contributed by atoms with Crippen molar-refractivity contribution in [3.05, 3.63) is 36.0 Å². The molecule has 0 atom stereocenters. The van der Waals surface area contributed by atoms with Crippen molar-refractivity contribution in [2.75, 3.05) is 28.7 Å². The SMILES string of the molecule is CCOC(=O)c1cnc(SCC(=O)Nc2ccc(NC(C)=O)cc2)nc1N. The van der Waals surface area contributed by atoms with E-state index in [0.29, 0.717) is 11.4 Å². The van der Waals surface area contributed by atoms with Crippen molar-refractivity contribution in [2.45, 2.75) is 19.0 Å². The van der Waals surface area contributed by atoms with Gasteiger partial charge in [-0.2, -0.15) is 0 Å². The van der Waals surface area contributed by atoms with Crippen LogP contribution in [-0.2, 0) is 14.3 Å². The maximum absolute atomic E-state index is 12.0. The first-order valence-electron chi connectivity index (χ1n) is 7.99. The van der Waals surface area contributed by atoms with Gasteiger partial charge in [0.15, 0.2) is 5.16 Å². The predicted octanol–water partition coefficient (Wildman–Crippen LogP) is 1.92. The van der Waals surface area contributed by atoms with Crippen molar-refractivity contribution in [3.8, 4) is 0 Å². The summed E-state index contributed by atoms with van der Waals surface area (Å²) < 4.78 is 4.85. The van der Waals surface area contributed by atoms with E-state index in [1.165, 1.54) is 13.1 Å². The lowest BCUT2D eigenvalue weighted by molar-refractivity contribution is -0.114. The van der Waals surface area contributed by atoms with E-state index in [4.69, 9.17) is 10.5 Å². The molecule has 27 heavy (non-hydrogen) atoms. The van der Waals surface area contributed by atoms with Crippen LogP contribution >= 0.6 is 11.8 Å². The van der Waals surface area contributed by atoms with Crippen molar-refractivity contribution in [2.24, 2.45) is 0 Å². The smallest absolute Gasteiger partial charge is 0.343 e. The standard InChI is InChI=1S/C17H19N5O4S/c1-3-26-16(25)13-8-19-17(22-15(13)18)27-9-14(24)21-12-6-4-11(5-7-12)20-10(2)23/h4-8H,3,9H2,1-2H3,(H,20,23)(H,21,24)(H2,18,19,22). The summed E-state index contributed by atoms with van der Waals surface area (Å²) in [5.74, 6) is -0.960. The number of hydrogen-bond acceptors (Lipinski definition) is 8. The Morgan fingerprint density at radius 1 is 1.15 bits per heavy atom. The number of nitrogens with one attached hydrogen (secondary N) is 2. The van der Waals surface area contributed by atoms with Crippen LogP contribution in [0.25, 0.3) is 0 Å². The van der Waals surface area contributed by atoms with Crippen LogP contribution in [0.5, 0.6) is 0 Å². The number of carbonyl (C=O) groups is 3. The quantitative estimate of drug-likeness (QED) is 0.371. The van der Waals surface area contributed by atoms with Gasteiger partial charge in [0.05, 0.1) is 12.4 Å². The molecule has 1 aromatic carbocycles. The van der Waals surface area contributed by atoms with Gasteiger partial charge in [0.1, 0.15) is 11.4 Å². The van der Waals surface area contributed by atoms with E-state index < -0.39 is 5.97 Å². The monoisotopic (exact) mass is 389 g/mol. The van der Waals surface area contributed by atoms with E-state index in [-0.39, 0.29) is 40.7 Å². The molecule has 0 aliphatic heterocycles. The van der Waals surface area contributed by atoms with Gasteiger partial charge in [-0.3, -0.25) is 9.59 Å². The fourth-order valence-electron chi connectivity index (χ4n) is 1.98. The molecule has 0 fully saturated rings. The Kier molecular flexibility index (Phi) is 7.12. The lowest BCUT2D eigenvalue weighted by Crippen LogP contribution is -2.15.